The fourth-order valence-electron chi connectivity index (χ4n) is 2.51. The normalized spacial score (nSPS) is 30.0. The van der Waals surface area contributed by atoms with Crippen LogP contribution in [0.1, 0.15) is 12.5 Å². The summed E-state index contributed by atoms with van der Waals surface area (Å²) in [4.78, 5) is 11.3. The Hall–Kier alpha value is -1.71. The first-order valence-electron chi connectivity index (χ1n) is 7.60. The van der Waals surface area contributed by atoms with Crippen molar-refractivity contribution in [1.29, 1.82) is 0 Å². The largest absolute Gasteiger partial charge is 0.497 e. The monoisotopic (exact) mass is 341 g/mol. The minimum absolute atomic E-state index is 0.158. The molecule has 0 aromatic heterocycles. The first-order valence-corrected chi connectivity index (χ1v) is 7.60. The van der Waals surface area contributed by atoms with E-state index in [2.05, 4.69) is 5.32 Å². The van der Waals surface area contributed by atoms with Crippen LogP contribution in [-0.4, -0.2) is 65.6 Å². The molecule has 24 heavy (non-hydrogen) atoms. The second kappa shape index (κ2) is 8.41. The molecule has 0 saturated carbocycles. The highest BCUT2D eigenvalue weighted by Gasteiger charge is 2.45. The number of methoxy groups -OCH3 is 1. The lowest BCUT2D eigenvalue weighted by Crippen LogP contribution is -2.64. The molecule has 1 aliphatic rings. The molecule has 1 aromatic rings. The number of aliphatic hydroxyl groups excluding tert-OH is 3. The van der Waals surface area contributed by atoms with Crippen LogP contribution in [0.4, 0.5) is 0 Å². The Morgan fingerprint density at radius 3 is 2.46 bits per heavy atom. The van der Waals surface area contributed by atoms with Crippen molar-refractivity contribution < 1.29 is 34.3 Å². The van der Waals surface area contributed by atoms with Crippen molar-refractivity contribution in [3.05, 3.63) is 29.8 Å². The fraction of sp³-hybridized carbons (Fsp3) is 0.562. The highest BCUT2D eigenvalue weighted by atomic mass is 16.7. The SMILES string of the molecule is COc1ccc(CO[C@H]2O[C@@H](CO)[C@@H](O)[C@@H](O)[C@@H]2NC(C)=O)cc1. The second-order valence-electron chi connectivity index (χ2n) is 5.59. The van der Waals surface area contributed by atoms with E-state index >= 15 is 0 Å². The van der Waals surface area contributed by atoms with Crippen molar-refractivity contribution in [1.82, 2.24) is 5.32 Å². The van der Waals surface area contributed by atoms with Crippen molar-refractivity contribution in [2.45, 2.75) is 44.2 Å². The minimum atomic E-state index is -1.33. The number of amides is 1. The summed E-state index contributed by atoms with van der Waals surface area (Å²) in [5.74, 6) is 0.318. The number of hydrogen-bond acceptors (Lipinski definition) is 7. The molecule has 1 aliphatic heterocycles. The third kappa shape index (κ3) is 4.43. The third-order valence-electron chi connectivity index (χ3n) is 3.82. The van der Waals surface area contributed by atoms with Gasteiger partial charge in [-0.05, 0) is 17.7 Å². The maximum atomic E-state index is 11.3. The number of carbonyl (C=O) groups is 1. The van der Waals surface area contributed by atoms with Gasteiger partial charge in [0, 0.05) is 6.92 Å². The van der Waals surface area contributed by atoms with E-state index in [1.54, 1.807) is 19.2 Å². The number of aliphatic hydroxyl groups is 3. The first kappa shape index (κ1) is 18.6. The van der Waals surface area contributed by atoms with E-state index in [4.69, 9.17) is 14.2 Å². The Morgan fingerprint density at radius 1 is 1.25 bits per heavy atom. The van der Waals surface area contributed by atoms with Crippen LogP contribution < -0.4 is 10.1 Å². The molecule has 0 bridgehead atoms. The Labute approximate surface area is 140 Å². The number of hydrogen-bond donors (Lipinski definition) is 4. The van der Waals surface area contributed by atoms with Crippen LogP contribution in [0.15, 0.2) is 24.3 Å². The molecule has 8 nitrogen and oxygen atoms in total. The van der Waals surface area contributed by atoms with Gasteiger partial charge >= 0.3 is 0 Å². The smallest absolute Gasteiger partial charge is 0.217 e. The second-order valence-corrected chi connectivity index (χ2v) is 5.59. The standard InChI is InChI=1S/C16H23NO7/c1-9(19)17-13-15(21)14(20)12(7-18)24-16(13)23-8-10-3-5-11(22-2)6-4-10/h3-6,12-16,18,20-21H,7-8H2,1-2H3,(H,17,19)/t12-,13-,14+,15-,16-/m0/s1. The zero-order valence-corrected chi connectivity index (χ0v) is 13.6. The van der Waals surface area contributed by atoms with Gasteiger partial charge in [0.15, 0.2) is 6.29 Å². The molecule has 0 spiro atoms. The average molecular weight is 341 g/mol. The summed E-state index contributed by atoms with van der Waals surface area (Å²) in [5, 5.41) is 31.9. The van der Waals surface area contributed by atoms with Crippen molar-refractivity contribution in [3.8, 4) is 5.75 Å². The zero-order valence-electron chi connectivity index (χ0n) is 13.6. The fourth-order valence-corrected chi connectivity index (χ4v) is 2.51. The van der Waals surface area contributed by atoms with Crippen LogP contribution in [0.2, 0.25) is 0 Å². The van der Waals surface area contributed by atoms with Crippen LogP contribution in [-0.2, 0) is 20.9 Å². The molecule has 0 unspecified atom stereocenters. The van der Waals surface area contributed by atoms with Gasteiger partial charge in [-0.2, -0.15) is 0 Å². The quantitative estimate of drug-likeness (QED) is 0.533. The predicted molar refractivity (Wildman–Crippen MR) is 83.1 cm³/mol. The number of benzene rings is 1. The van der Waals surface area contributed by atoms with Gasteiger partial charge in [-0.1, -0.05) is 12.1 Å². The van der Waals surface area contributed by atoms with Crippen LogP contribution in [0.3, 0.4) is 0 Å². The van der Waals surface area contributed by atoms with Crippen molar-refractivity contribution in [2.75, 3.05) is 13.7 Å². The van der Waals surface area contributed by atoms with Gasteiger partial charge in [-0.15, -0.1) is 0 Å². The maximum Gasteiger partial charge on any atom is 0.217 e. The average Bonchev–Trinajstić information content (AvgIpc) is 2.58. The van der Waals surface area contributed by atoms with Gasteiger partial charge in [-0.25, -0.2) is 0 Å². The van der Waals surface area contributed by atoms with E-state index in [0.717, 1.165) is 5.56 Å². The summed E-state index contributed by atoms with van der Waals surface area (Å²) in [6.45, 7) is 0.969. The summed E-state index contributed by atoms with van der Waals surface area (Å²) < 4.78 is 16.2. The maximum absolute atomic E-state index is 11.3. The number of ether oxygens (including phenoxy) is 3. The Kier molecular flexibility index (Phi) is 6.52. The molecule has 1 heterocycles. The number of carbonyl (C=O) groups excluding carboxylic acids is 1. The molecule has 2 rings (SSSR count). The molecule has 1 saturated heterocycles. The Bertz CT molecular complexity index is 536. The molecule has 4 N–H and O–H groups in total. The summed E-state index contributed by atoms with van der Waals surface area (Å²) in [6.07, 6.45) is -4.65. The number of nitrogens with one attached hydrogen (secondary N) is 1. The molecule has 5 atom stereocenters. The van der Waals surface area contributed by atoms with Crippen LogP contribution in [0.5, 0.6) is 5.75 Å². The third-order valence-corrected chi connectivity index (χ3v) is 3.82. The lowest BCUT2D eigenvalue weighted by Gasteiger charge is -2.42. The molecular formula is C16H23NO7. The van der Waals surface area contributed by atoms with Gasteiger partial charge in [-0.3, -0.25) is 4.79 Å². The van der Waals surface area contributed by atoms with E-state index < -0.39 is 43.2 Å². The lowest BCUT2D eigenvalue weighted by atomic mass is 9.97. The molecule has 1 aromatic carbocycles. The summed E-state index contributed by atoms with van der Waals surface area (Å²) >= 11 is 0. The first-order chi connectivity index (χ1) is 11.5. The Balaban J connectivity index is 2.06. The predicted octanol–water partition coefficient (Wildman–Crippen LogP) is -0.844. The van der Waals surface area contributed by atoms with E-state index in [0.29, 0.717) is 5.75 Å². The van der Waals surface area contributed by atoms with Crippen molar-refractivity contribution in [3.63, 3.8) is 0 Å². The molecule has 0 radical (unpaired) electrons. The van der Waals surface area contributed by atoms with Crippen molar-refractivity contribution >= 4 is 5.91 Å². The van der Waals surface area contributed by atoms with Gasteiger partial charge in [0.2, 0.25) is 5.91 Å². The molecule has 1 fully saturated rings. The molecule has 0 aliphatic carbocycles. The number of rotatable bonds is 6. The highest BCUT2D eigenvalue weighted by molar-refractivity contribution is 5.73. The topological polar surface area (TPSA) is 117 Å². The highest BCUT2D eigenvalue weighted by Crippen LogP contribution is 2.23. The van der Waals surface area contributed by atoms with Gasteiger partial charge in [0.1, 0.15) is 30.1 Å². The summed E-state index contributed by atoms with van der Waals surface area (Å²) in [5.41, 5.74) is 0.835. The van der Waals surface area contributed by atoms with Gasteiger partial charge in [0.05, 0.1) is 20.3 Å². The van der Waals surface area contributed by atoms with Crippen LogP contribution >= 0.6 is 0 Å². The minimum Gasteiger partial charge on any atom is -0.497 e. The zero-order chi connectivity index (χ0) is 17.7. The van der Waals surface area contributed by atoms with E-state index in [-0.39, 0.29) is 6.61 Å². The summed E-state index contributed by atoms with van der Waals surface area (Å²) in [6, 6.07) is 6.23. The van der Waals surface area contributed by atoms with E-state index in [1.807, 2.05) is 12.1 Å². The molecule has 8 heteroatoms. The van der Waals surface area contributed by atoms with Gasteiger partial charge < -0.3 is 34.8 Å². The van der Waals surface area contributed by atoms with Crippen molar-refractivity contribution in [2.24, 2.45) is 0 Å². The van der Waals surface area contributed by atoms with E-state index in [9.17, 15) is 20.1 Å². The molecule has 134 valence electrons. The van der Waals surface area contributed by atoms with Crippen LogP contribution in [0, 0.1) is 0 Å². The van der Waals surface area contributed by atoms with Crippen LogP contribution in [0.25, 0.3) is 0 Å². The lowest BCUT2D eigenvalue weighted by molar-refractivity contribution is -0.273. The molecule has 1 amide bonds. The summed E-state index contributed by atoms with van der Waals surface area (Å²) in [7, 11) is 1.57. The Morgan fingerprint density at radius 2 is 1.92 bits per heavy atom. The van der Waals surface area contributed by atoms with Gasteiger partial charge in [0.25, 0.3) is 0 Å². The van der Waals surface area contributed by atoms with E-state index in [1.165, 1.54) is 6.92 Å². The molecular weight excluding hydrogens is 318 g/mol.